The second-order valence-electron chi connectivity index (χ2n) is 4.99. The molecule has 0 bridgehead atoms. The highest BCUT2D eigenvalue weighted by Crippen LogP contribution is 2.34. The van der Waals surface area contributed by atoms with Crippen LogP contribution in [0.2, 0.25) is 10.0 Å². The Bertz CT molecular complexity index is 642. The van der Waals surface area contributed by atoms with Gasteiger partial charge in [-0.3, -0.25) is 0 Å². The van der Waals surface area contributed by atoms with Crippen LogP contribution in [0.15, 0.2) is 36.4 Å². The van der Waals surface area contributed by atoms with Gasteiger partial charge in [-0.2, -0.15) is 0 Å². The van der Waals surface area contributed by atoms with Crippen LogP contribution in [0, 0.1) is 0 Å². The van der Waals surface area contributed by atoms with E-state index < -0.39 is 6.10 Å². The number of hydrogen-bond acceptors (Lipinski definition) is 2. The Balaban J connectivity index is 1.89. The molecule has 0 aromatic heterocycles. The minimum atomic E-state index is -0.591. The quantitative estimate of drug-likeness (QED) is 0.889. The largest absolute Gasteiger partial charge is 0.388 e. The molecule has 1 unspecified atom stereocenters. The third-order valence-electron chi connectivity index (χ3n) is 3.68. The van der Waals surface area contributed by atoms with Gasteiger partial charge in [0.15, 0.2) is 0 Å². The Kier molecular flexibility index (Phi) is 3.88. The number of nitrogens with one attached hydrogen (secondary N) is 1. The van der Waals surface area contributed by atoms with Crippen molar-refractivity contribution in [1.82, 2.24) is 0 Å². The molecule has 0 aliphatic carbocycles. The molecular formula is C16H15Cl2NO. The molecule has 4 heteroatoms. The molecule has 2 aromatic rings. The lowest BCUT2D eigenvalue weighted by atomic mass is 9.98. The molecule has 1 heterocycles. The molecule has 0 saturated heterocycles. The van der Waals surface area contributed by atoms with E-state index >= 15 is 0 Å². The van der Waals surface area contributed by atoms with Crippen LogP contribution in [0.4, 0.5) is 5.69 Å². The Hall–Kier alpha value is -1.22. The van der Waals surface area contributed by atoms with Crippen LogP contribution < -0.4 is 5.32 Å². The zero-order valence-corrected chi connectivity index (χ0v) is 12.4. The summed E-state index contributed by atoms with van der Waals surface area (Å²) >= 11 is 12.2. The zero-order valence-electron chi connectivity index (χ0n) is 10.9. The minimum absolute atomic E-state index is 0.456. The molecule has 0 saturated carbocycles. The summed E-state index contributed by atoms with van der Waals surface area (Å²) < 4.78 is 0. The molecule has 0 spiro atoms. The van der Waals surface area contributed by atoms with Crippen LogP contribution in [-0.2, 0) is 12.8 Å². The van der Waals surface area contributed by atoms with Crippen molar-refractivity contribution < 1.29 is 5.11 Å². The van der Waals surface area contributed by atoms with Crippen LogP contribution in [0.5, 0.6) is 0 Å². The predicted octanol–water partition coefficient (Wildman–Crippen LogP) is 4.24. The Morgan fingerprint density at radius 1 is 1.15 bits per heavy atom. The van der Waals surface area contributed by atoms with E-state index in [-0.39, 0.29) is 0 Å². The molecule has 2 nitrogen and oxygen atoms in total. The monoisotopic (exact) mass is 307 g/mol. The molecule has 2 aromatic carbocycles. The molecule has 20 heavy (non-hydrogen) atoms. The average molecular weight is 308 g/mol. The second-order valence-corrected chi connectivity index (χ2v) is 5.78. The molecular weight excluding hydrogens is 293 g/mol. The summed E-state index contributed by atoms with van der Waals surface area (Å²) in [7, 11) is 0. The van der Waals surface area contributed by atoms with Gasteiger partial charge in [0.2, 0.25) is 0 Å². The summed E-state index contributed by atoms with van der Waals surface area (Å²) in [4.78, 5) is 0. The summed E-state index contributed by atoms with van der Waals surface area (Å²) in [5.74, 6) is 0. The lowest BCUT2D eigenvalue weighted by molar-refractivity contribution is 0.179. The fourth-order valence-corrected chi connectivity index (χ4v) is 3.07. The first kappa shape index (κ1) is 13.7. The molecule has 0 fully saturated rings. The van der Waals surface area contributed by atoms with E-state index in [1.807, 2.05) is 24.3 Å². The van der Waals surface area contributed by atoms with Gasteiger partial charge in [0.05, 0.1) is 16.1 Å². The van der Waals surface area contributed by atoms with Crippen LogP contribution >= 0.6 is 23.2 Å². The first-order chi connectivity index (χ1) is 9.66. The maximum atomic E-state index is 10.5. The number of fused-ring (bicyclic) bond motifs is 1. The normalized spacial score (nSPS) is 14.8. The van der Waals surface area contributed by atoms with Crippen molar-refractivity contribution in [2.45, 2.75) is 18.9 Å². The maximum Gasteiger partial charge on any atom is 0.0850 e. The molecule has 1 aliphatic heterocycles. The number of halogens is 2. The first-order valence-corrected chi connectivity index (χ1v) is 7.39. The van der Waals surface area contributed by atoms with Crippen molar-refractivity contribution in [3.63, 3.8) is 0 Å². The number of aliphatic hydroxyl groups is 1. The van der Waals surface area contributed by atoms with E-state index in [9.17, 15) is 5.11 Å². The van der Waals surface area contributed by atoms with Crippen molar-refractivity contribution in [1.29, 1.82) is 0 Å². The van der Waals surface area contributed by atoms with Gasteiger partial charge >= 0.3 is 0 Å². The number of hydrogen-bond donors (Lipinski definition) is 2. The maximum absolute atomic E-state index is 10.5. The highest BCUT2D eigenvalue weighted by molar-refractivity contribution is 6.42. The van der Waals surface area contributed by atoms with Gasteiger partial charge in [0.1, 0.15) is 0 Å². The number of aliphatic hydroxyl groups excluding tert-OH is 1. The minimum Gasteiger partial charge on any atom is -0.388 e. The first-order valence-electron chi connectivity index (χ1n) is 6.63. The number of rotatable bonds is 3. The molecule has 1 aliphatic rings. The van der Waals surface area contributed by atoms with Gasteiger partial charge in [-0.1, -0.05) is 53.5 Å². The summed E-state index contributed by atoms with van der Waals surface area (Å²) in [5.41, 5.74) is 4.12. The van der Waals surface area contributed by atoms with Crippen molar-refractivity contribution in [2.75, 3.05) is 11.9 Å². The van der Waals surface area contributed by atoms with E-state index in [2.05, 4.69) is 11.4 Å². The average Bonchev–Trinajstić information content (AvgIpc) is 2.92. The molecule has 3 rings (SSSR count). The van der Waals surface area contributed by atoms with Crippen LogP contribution in [0.3, 0.4) is 0 Å². The second kappa shape index (κ2) is 5.65. The highest BCUT2D eigenvalue weighted by Gasteiger charge is 2.20. The third-order valence-corrected chi connectivity index (χ3v) is 4.54. The standard InChI is InChI=1S/C16H15Cl2NO/c17-13-6-2-4-11(15(13)18)9-14(20)12-5-1-3-10-7-8-19-16(10)12/h1-6,14,19-20H,7-9H2. The number of para-hydroxylation sites is 1. The molecule has 2 N–H and O–H groups in total. The Labute approximate surface area is 128 Å². The molecule has 0 radical (unpaired) electrons. The fraction of sp³-hybridized carbons (Fsp3) is 0.250. The smallest absolute Gasteiger partial charge is 0.0850 e. The van der Waals surface area contributed by atoms with Crippen LogP contribution in [0.1, 0.15) is 22.8 Å². The third kappa shape index (κ3) is 2.51. The topological polar surface area (TPSA) is 32.3 Å². The van der Waals surface area contributed by atoms with Gasteiger partial charge in [0, 0.05) is 24.2 Å². The van der Waals surface area contributed by atoms with Gasteiger partial charge < -0.3 is 10.4 Å². The SMILES string of the molecule is OC(Cc1cccc(Cl)c1Cl)c1cccc2c1NCC2. The summed E-state index contributed by atoms with van der Waals surface area (Å²) in [6.07, 6.45) is 0.872. The van der Waals surface area contributed by atoms with E-state index in [0.717, 1.165) is 29.8 Å². The lowest BCUT2D eigenvalue weighted by Gasteiger charge is -2.16. The van der Waals surface area contributed by atoms with E-state index in [1.165, 1.54) is 5.56 Å². The molecule has 0 amide bonds. The van der Waals surface area contributed by atoms with E-state index in [4.69, 9.17) is 23.2 Å². The summed E-state index contributed by atoms with van der Waals surface area (Å²) in [6.45, 7) is 0.928. The Morgan fingerprint density at radius 2 is 1.95 bits per heavy atom. The highest BCUT2D eigenvalue weighted by atomic mass is 35.5. The summed E-state index contributed by atoms with van der Waals surface area (Å²) in [6, 6.07) is 11.5. The zero-order chi connectivity index (χ0) is 14.1. The van der Waals surface area contributed by atoms with Crippen LogP contribution in [-0.4, -0.2) is 11.7 Å². The number of benzene rings is 2. The lowest BCUT2D eigenvalue weighted by Crippen LogP contribution is -2.05. The fourth-order valence-electron chi connectivity index (χ4n) is 2.67. The van der Waals surface area contributed by atoms with Gasteiger partial charge in [-0.15, -0.1) is 0 Å². The summed E-state index contributed by atoms with van der Waals surface area (Å²) in [5, 5.41) is 14.9. The molecule has 104 valence electrons. The van der Waals surface area contributed by atoms with Crippen LogP contribution in [0.25, 0.3) is 0 Å². The molecule has 1 atom stereocenters. The van der Waals surface area contributed by atoms with Crippen molar-refractivity contribution in [2.24, 2.45) is 0 Å². The van der Waals surface area contributed by atoms with Crippen molar-refractivity contribution in [3.8, 4) is 0 Å². The van der Waals surface area contributed by atoms with E-state index in [0.29, 0.717) is 16.5 Å². The van der Waals surface area contributed by atoms with Gasteiger partial charge in [-0.05, 0) is 23.6 Å². The van der Waals surface area contributed by atoms with Gasteiger partial charge in [-0.25, -0.2) is 0 Å². The van der Waals surface area contributed by atoms with Crippen molar-refractivity contribution >= 4 is 28.9 Å². The van der Waals surface area contributed by atoms with E-state index in [1.54, 1.807) is 6.07 Å². The predicted molar refractivity (Wildman–Crippen MR) is 83.8 cm³/mol. The van der Waals surface area contributed by atoms with Crippen molar-refractivity contribution in [3.05, 3.63) is 63.1 Å². The number of anilines is 1. The van der Waals surface area contributed by atoms with Gasteiger partial charge in [0.25, 0.3) is 0 Å². The Morgan fingerprint density at radius 3 is 2.80 bits per heavy atom.